The Bertz CT molecular complexity index is 7310. The molecule has 5 nitrogen and oxygen atoms in total. The van der Waals surface area contributed by atoms with Crippen LogP contribution in [0.3, 0.4) is 0 Å². The number of aromatic nitrogens is 2. The Morgan fingerprint density at radius 3 is 1.35 bits per heavy atom. The molecular weight excluding hydrogens is 1280 g/mol. The standard InChI is InChI=1S/C100H72BN5/c1-100(2,3)75-39-28-38-71(59-75)72-52-55-88-94(62-72)105(80-60-73(67-30-10-4-11-31-67)58-74(61-80)68-32-12-5-13-33-68)96-65-81(104-90-49-25-22-44-84(90)85-45-23-26-50-91(85)104)66-97-98(96)101(88)89-56-53-79(64-95(89)106(97)99-82(69-34-14-6-15-35-69)47-29-48-83(99)70-36-16-7-17-37-70)103-92-51-27-24-46-86(92)87-63-78(54-57-93(87)103)102(76-40-18-8-19-41-76)77-42-20-9-21-43-77/h4-66H,1-3H3/i8D,18D,19D,22D,23D,24D,25D,26D,27D,40D,41D,44D,45D,46D,49D,50D,51D. The molecule has 16 aromatic carbocycles. The molecule has 2 aromatic heterocycles. The van der Waals surface area contributed by atoms with Crippen LogP contribution in [0.1, 0.15) is 49.6 Å². The minimum atomic E-state index is -0.725. The second-order valence-corrected chi connectivity index (χ2v) is 28.0. The molecule has 106 heavy (non-hydrogen) atoms. The Morgan fingerprint density at radius 2 is 0.764 bits per heavy atom. The predicted octanol–water partition coefficient (Wildman–Crippen LogP) is 25.1. The zero-order chi connectivity index (χ0) is 85.4. The topological polar surface area (TPSA) is 19.6 Å². The van der Waals surface area contributed by atoms with E-state index >= 15 is 0 Å². The van der Waals surface area contributed by atoms with Crippen molar-refractivity contribution >= 4 is 118 Å². The summed E-state index contributed by atoms with van der Waals surface area (Å²) in [6.07, 6.45) is 0. The summed E-state index contributed by atoms with van der Waals surface area (Å²) in [4.78, 5) is 6.07. The van der Waals surface area contributed by atoms with Crippen LogP contribution < -0.4 is 31.1 Å². The Morgan fingerprint density at radius 1 is 0.292 bits per heavy atom. The highest BCUT2D eigenvalue weighted by molar-refractivity contribution is 7.00. The summed E-state index contributed by atoms with van der Waals surface area (Å²) in [5.74, 6) is 0. The summed E-state index contributed by atoms with van der Waals surface area (Å²) < 4.78 is 165. The fourth-order valence-electron chi connectivity index (χ4n) is 16.1. The number of rotatable bonds is 12. The first-order chi connectivity index (χ1) is 59.3. The minimum Gasteiger partial charge on any atom is -0.311 e. The molecule has 2 aliphatic rings. The van der Waals surface area contributed by atoms with Gasteiger partial charge >= 0.3 is 0 Å². The van der Waals surface area contributed by atoms with Gasteiger partial charge in [0, 0.05) is 83.9 Å². The van der Waals surface area contributed by atoms with Crippen molar-refractivity contribution in [1.82, 2.24) is 9.13 Å². The SMILES string of the molecule is [2H]c1c([2H])c([2H])c(N(c2ccccc2)c2ccc3c(c2)c2c([2H])c([2H])c([2H])c([2H])c2n3-c2ccc3c(c2)N(c2c(-c4ccccc4)cccc2-c2ccccc2)c2cc(-n4c5c([2H])c([2H])c([2H])c([2H])c5c5c([2H])c([2H])c([2H])c([2H])c54)cc4c2B3c2ccc(-c3cccc(C(C)(C)C)c3)cc2N4c2cc(-c3ccccc3)cc(-c3ccccc3)c2)c([2H])c1[2H]. The van der Waals surface area contributed by atoms with Crippen LogP contribution in [-0.4, -0.2) is 15.8 Å². The number of anilines is 9. The van der Waals surface area contributed by atoms with E-state index in [4.69, 9.17) is 4.11 Å². The molecule has 0 saturated carbocycles. The second-order valence-electron chi connectivity index (χ2n) is 28.0. The van der Waals surface area contributed by atoms with E-state index in [0.29, 0.717) is 50.7 Å². The number of hydrogen-bond acceptors (Lipinski definition) is 3. The predicted molar refractivity (Wildman–Crippen MR) is 450 cm³/mol. The Hall–Kier alpha value is -13.4. The van der Waals surface area contributed by atoms with Crippen LogP contribution in [0.2, 0.25) is 0 Å². The molecule has 0 aliphatic carbocycles. The van der Waals surface area contributed by atoms with Crippen LogP contribution in [0.4, 0.5) is 51.2 Å². The highest BCUT2D eigenvalue weighted by Gasteiger charge is 2.45. The van der Waals surface area contributed by atoms with Gasteiger partial charge in [0.2, 0.25) is 0 Å². The van der Waals surface area contributed by atoms with Crippen molar-refractivity contribution < 1.29 is 23.3 Å². The van der Waals surface area contributed by atoms with Gasteiger partial charge in [-0.15, -0.1) is 0 Å². The van der Waals surface area contributed by atoms with Crippen molar-refractivity contribution in [2.45, 2.75) is 26.2 Å². The van der Waals surface area contributed by atoms with E-state index in [2.05, 4.69) is 158 Å². The Balaban J connectivity index is 0.973. The fourth-order valence-corrected chi connectivity index (χ4v) is 16.1. The third-order valence-electron chi connectivity index (χ3n) is 20.8. The summed E-state index contributed by atoms with van der Waals surface area (Å²) in [6.45, 7) is 5.84. The van der Waals surface area contributed by atoms with Gasteiger partial charge in [-0.3, -0.25) is 0 Å². The highest BCUT2D eigenvalue weighted by atomic mass is 15.2. The molecule has 0 unspecified atom stereocenters. The molecule has 0 N–H and O–H groups in total. The average molecular weight is 1370 g/mol. The lowest BCUT2D eigenvalue weighted by molar-refractivity contribution is 0.590. The van der Waals surface area contributed by atoms with Gasteiger partial charge in [0.05, 0.1) is 56.7 Å². The quantitative estimate of drug-likeness (QED) is 0.114. The third kappa shape index (κ3) is 10.4. The summed E-state index contributed by atoms with van der Waals surface area (Å²) in [5.41, 5.74) is 17.5. The first kappa shape index (κ1) is 47.0. The zero-order valence-electron chi connectivity index (χ0n) is 74.9. The first-order valence-corrected chi connectivity index (χ1v) is 35.4. The lowest BCUT2D eigenvalue weighted by Gasteiger charge is -2.45. The smallest absolute Gasteiger partial charge is 0.252 e. The van der Waals surface area contributed by atoms with Crippen molar-refractivity contribution in [3.8, 4) is 67.0 Å². The molecule has 18 aromatic rings. The van der Waals surface area contributed by atoms with Crippen LogP contribution in [0, 0.1) is 0 Å². The minimum absolute atomic E-state index is 0.0908. The molecule has 20 rings (SSSR count). The van der Waals surface area contributed by atoms with E-state index in [1.165, 1.54) is 0 Å². The van der Waals surface area contributed by atoms with Crippen molar-refractivity contribution in [3.05, 3.63) is 387 Å². The Kier molecular flexibility index (Phi) is 11.2. The maximum Gasteiger partial charge on any atom is 0.252 e. The molecule has 500 valence electrons. The highest BCUT2D eigenvalue weighted by Crippen LogP contribution is 2.53. The maximum atomic E-state index is 10.2. The second kappa shape index (κ2) is 25.2. The van der Waals surface area contributed by atoms with Gasteiger partial charge in [0.15, 0.2) is 0 Å². The number of hydrogen-bond donors (Lipinski definition) is 0. The maximum absolute atomic E-state index is 10.2. The average Bonchev–Trinajstić information content (AvgIpc) is 1.54. The van der Waals surface area contributed by atoms with Gasteiger partial charge in [-0.2, -0.15) is 0 Å². The number of benzene rings is 16. The molecule has 0 spiro atoms. The molecular formula is C100H72BN5. The summed E-state index contributed by atoms with van der Waals surface area (Å²) in [7, 11) is 0. The van der Waals surface area contributed by atoms with Crippen molar-refractivity contribution in [2.24, 2.45) is 0 Å². The van der Waals surface area contributed by atoms with E-state index in [-0.39, 0.29) is 61.6 Å². The summed E-state index contributed by atoms with van der Waals surface area (Å²) in [5, 5.41) is 0.272. The van der Waals surface area contributed by atoms with Gasteiger partial charge in [-0.1, -0.05) is 293 Å². The molecule has 6 heteroatoms. The lowest BCUT2D eigenvalue weighted by atomic mass is 9.33. The number of para-hydroxylation sites is 6. The van der Waals surface area contributed by atoms with E-state index in [1.807, 2.05) is 108 Å². The van der Waals surface area contributed by atoms with Gasteiger partial charge < -0.3 is 23.8 Å². The number of nitrogens with zero attached hydrogens (tertiary/aromatic N) is 5. The molecule has 0 fully saturated rings. The zero-order valence-corrected chi connectivity index (χ0v) is 57.9. The van der Waals surface area contributed by atoms with Gasteiger partial charge in [0.25, 0.3) is 6.71 Å². The van der Waals surface area contributed by atoms with Crippen molar-refractivity contribution in [2.75, 3.05) is 14.7 Å². The molecule has 2 aliphatic heterocycles. The largest absolute Gasteiger partial charge is 0.311 e. The summed E-state index contributed by atoms with van der Waals surface area (Å²) in [6, 6.07) is 83.9. The molecule has 4 heterocycles. The van der Waals surface area contributed by atoms with Crippen LogP contribution in [-0.2, 0) is 5.41 Å². The molecule has 0 amide bonds. The van der Waals surface area contributed by atoms with Crippen LogP contribution in [0.5, 0.6) is 0 Å². The molecule has 0 saturated heterocycles. The van der Waals surface area contributed by atoms with E-state index < -0.39 is 97.3 Å². The van der Waals surface area contributed by atoms with E-state index in [0.717, 1.165) is 89.0 Å². The van der Waals surface area contributed by atoms with Crippen LogP contribution in [0.25, 0.3) is 111 Å². The fraction of sp³-hybridized carbons (Fsp3) is 0.0400. The summed E-state index contributed by atoms with van der Waals surface area (Å²) >= 11 is 0. The van der Waals surface area contributed by atoms with Crippen molar-refractivity contribution in [3.63, 3.8) is 0 Å². The normalized spacial score (nSPS) is 14.7. The van der Waals surface area contributed by atoms with Crippen molar-refractivity contribution in [1.29, 1.82) is 0 Å². The third-order valence-corrected chi connectivity index (χ3v) is 20.8. The molecule has 0 atom stereocenters. The Labute approximate surface area is 642 Å². The van der Waals surface area contributed by atoms with E-state index in [9.17, 15) is 19.2 Å². The van der Waals surface area contributed by atoms with Crippen LogP contribution in [0.15, 0.2) is 382 Å². The van der Waals surface area contributed by atoms with Gasteiger partial charge in [0.1, 0.15) is 0 Å². The van der Waals surface area contributed by atoms with Gasteiger partial charge in [-0.25, -0.2) is 0 Å². The van der Waals surface area contributed by atoms with E-state index in [1.54, 1.807) is 58.0 Å². The first-order valence-electron chi connectivity index (χ1n) is 43.9. The van der Waals surface area contributed by atoms with Gasteiger partial charge in [-0.05, 0) is 181 Å². The lowest BCUT2D eigenvalue weighted by Crippen LogP contribution is -2.61. The van der Waals surface area contributed by atoms with Crippen LogP contribution >= 0.6 is 0 Å². The molecule has 0 radical (unpaired) electrons. The molecule has 0 bridgehead atoms. The monoisotopic (exact) mass is 1370 g/mol. The number of fused-ring (bicyclic) bond motifs is 10.